The zero-order valence-electron chi connectivity index (χ0n) is 17.0. The second kappa shape index (κ2) is 8.94. The maximum Gasteiger partial charge on any atom is 0.420 e. The quantitative estimate of drug-likeness (QED) is 0.548. The van der Waals surface area contributed by atoms with Crippen molar-refractivity contribution in [2.45, 2.75) is 25.7 Å². The monoisotopic (exact) mass is 485 g/mol. The lowest BCUT2D eigenvalue weighted by molar-refractivity contribution is -0.138. The molecular formula is C20H16ClF4N5O3. The number of anilines is 1. The van der Waals surface area contributed by atoms with E-state index in [1.165, 1.54) is 13.3 Å². The van der Waals surface area contributed by atoms with Gasteiger partial charge < -0.3 is 14.4 Å². The number of hydrogen-bond acceptors (Lipinski definition) is 7. The molecule has 33 heavy (non-hydrogen) atoms. The maximum atomic E-state index is 13.5. The number of alkyl halides is 3. The Hall–Kier alpha value is -3.25. The van der Waals surface area contributed by atoms with Crippen molar-refractivity contribution in [1.29, 1.82) is 0 Å². The molecular weight excluding hydrogens is 470 g/mol. The minimum absolute atomic E-state index is 0.0213. The van der Waals surface area contributed by atoms with Crippen LogP contribution in [-0.4, -0.2) is 33.8 Å². The number of halogens is 5. The molecule has 1 aromatic carbocycles. The first kappa shape index (κ1) is 22.9. The van der Waals surface area contributed by atoms with E-state index in [1.54, 1.807) is 4.90 Å². The standard InChI is InChI=1S/C20H16ClF4N5O3/c1-32-9-16-27-13-8-30(14-7-26-29-18(31)17(14)21)5-4-11(13)19(28-16)33-15-3-2-10(22)6-12(15)20(23,24)25/h2-3,6-7H,4-5,8-9H2,1H3,(H,29,31). The van der Waals surface area contributed by atoms with Gasteiger partial charge in [0.1, 0.15) is 28.8 Å². The Morgan fingerprint density at radius 1 is 1.27 bits per heavy atom. The fourth-order valence-electron chi connectivity index (χ4n) is 3.44. The van der Waals surface area contributed by atoms with Crippen LogP contribution in [0.25, 0.3) is 0 Å². The number of H-pyrrole nitrogens is 1. The zero-order chi connectivity index (χ0) is 23.8. The molecule has 3 heterocycles. The molecule has 0 saturated heterocycles. The lowest BCUT2D eigenvalue weighted by Crippen LogP contribution is -2.33. The van der Waals surface area contributed by atoms with Gasteiger partial charge in [-0.3, -0.25) is 4.79 Å². The minimum Gasteiger partial charge on any atom is -0.438 e. The Labute approximate surface area is 189 Å². The van der Waals surface area contributed by atoms with E-state index in [1.807, 2.05) is 0 Å². The largest absolute Gasteiger partial charge is 0.438 e. The fraction of sp³-hybridized carbons (Fsp3) is 0.300. The predicted molar refractivity (Wildman–Crippen MR) is 109 cm³/mol. The summed E-state index contributed by atoms with van der Waals surface area (Å²) in [5, 5.41) is 5.95. The minimum atomic E-state index is -4.83. The van der Waals surface area contributed by atoms with Gasteiger partial charge in [0.15, 0.2) is 5.82 Å². The first-order valence-electron chi connectivity index (χ1n) is 9.57. The number of hydrogen-bond donors (Lipinski definition) is 1. The molecule has 1 N–H and O–H groups in total. The number of benzene rings is 1. The van der Waals surface area contributed by atoms with Crippen molar-refractivity contribution in [2.75, 3.05) is 18.6 Å². The molecule has 3 aromatic rings. The highest BCUT2D eigenvalue weighted by Crippen LogP contribution is 2.40. The highest BCUT2D eigenvalue weighted by Gasteiger charge is 2.36. The van der Waals surface area contributed by atoms with Crippen LogP contribution in [0, 0.1) is 5.82 Å². The van der Waals surface area contributed by atoms with E-state index in [2.05, 4.69) is 20.2 Å². The second-order valence-corrected chi connectivity index (χ2v) is 7.49. The van der Waals surface area contributed by atoms with Crippen LogP contribution < -0.4 is 15.2 Å². The van der Waals surface area contributed by atoms with E-state index in [4.69, 9.17) is 21.1 Å². The number of rotatable bonds is 5. The maximum absolute atomic E-state index is 13.5. The van der Waals surface area contributed by atoms with Crippen LogP contribution in [0.15, 0.2) is 29.2 Å². The van der Waals surface area contributed by atoms with E-state index >= 15 is 0 Å². The third kappa shape index (κ3) is 4.76. The van der Waals surface area contributed by atoms with Gasteiger partial charge in [-0.25, -0.2) is 14.5 Å². The van der Waals surface area contributed by atoms with E-state index in [9.17, 15) is 22.4 Å². The number of aromatic nitrogens is 4. The molecule has 0 fully saturated rings. The molecule has 1 aliphatic heterocycles. The predicted octanol–water partition coefficient (Wildman–Crippen LogP) is 3.87. The molecule has 174 valence electrons. The van der Waals surface area contributed by atoms with Crippen LogP contribution in [0.2, 0.25) is 5.02 Å². The average molecular weight is 486 g/mol. The van der Waals surface area contributed by atoms with Gasteiger partial charge in [-0.15, -0.1) is 0 Å². The van der Waals surface area contributed by atoms with Gasteiger partial charge >= 0.3 is 6.18 Å². The van der Waals surface area contributed by atoms with Crippen molar-refractivity contribution in [1.82, 2.24) is 20.2 Å². The Balaban J connectivity index is 1.74. The van der Waals surface area contributed by atoms with Gasteiger partial charge in [-0.1, -0.05) is 11.6 Å². The third-order valence-electron chi connectivity index (χ3n) is 4.92. The first-order chi connectivity index (χ1) is 15.7. The molecule has 4 rings (SSSR count). The van der Waals surface area contributed by atoms with Crippen molar-refractivity contribution in [2.24, 2.45) is 0 Å². The fourth-order valence-corrected chi connectivity index (χ4v) is 3.65. The van der Waals surface area contributed by atoms with Crippen LogP contribution >= 0.6 is 11.6 Å². The Bertz CT molecular complexity index is 1250. The van der Waals surface area contributed by atoms with Crippen LogP contribution in [-0.2, 0) is 30.5 Å². The van der Waals surface area contributed by atoms with Crippen molar-refractivity contribution in [3.8, 4) is 11.6 Å². The summed E-state index contributed by atoms with van der Waals surface area (Å²) in [7, 11) is 1.42. The highest BCUT2D eigenvalue weighted by molar-refractivity contribution is 6.33. The van der Waals surface area contributed by atoms with Crippen LogP contribution in [0.5, 0.6) is 11.6 Å². The van der Waals surface area contributed by atoms with Gasteiger partial charge in [-0.2, -0.15) is 23.3 Å². The summed E-state index contributed by atoms with van der Waals surface area (Å²) in [6, 6.07) is 2.14. The zero-order valence-corrected chi connectivity index (χ0v) is 17.8. The normalized spacial score (nSPS) is 13.7. The number of aromatic amines is 1. The molecule has 13 heteroatoms. The number of nitrogens with zero attached hydrogens (tertiary/aromatic N) is 4. The number of ether oxygens (including phenoxy) is 2. The molecule has 0 aliphatic carbocycles. The van der Waals surface area contributed by atoms with E-state index in [0.29, 0.717) is 29.6 Å². The van der Waals surface area contributed by atoms with Crippen LogP contribution in [0.1, 0.15) is 22.6 Å². The first-order valence-corrected chi connectivity index (χ1v) is 9.95. The number of nitrogens with one attached hydrogen (secondary N) is 1. The van der Waals surface area contributed by atoms with Crippen molar-refractivity contribution in [3.63, 3.8) is 0 Å². The molecule has 0 saturated carbocycles. The van der Waals surface area contributed by atoms with E-state index in [-0.39, 0.29) is 36.3 Å². The smallest absolute Gasteiger partial charge is 0.420 e. The summed E-state index contributed by atoms with van der Waals surface area (Å²) in [5.41, 5.74) is -0.481. The van der Waals surface area contributed by atoms with E-state index < -0.39 is 28.9 Å². The van der Waals surface area contributed by atoms with E-state index in [0.717, 1.165) is 12.1 Å². The van der Waals surface area contributed by atoms with Crippen LogP contribution in [0.3, 0.4) is 0 Å². The van der Waals surface area contributed by atoms with Crippen LogP contribution in [0.4, 0.5) is 23.2 Å². The van der Waals surface area contributed by atoms with Crippen molar-refractivity contribution in [3.05, 3.63) is 68.2 Å². The molecule has 2 aromatic heterocycles. The average Bonchev–Trinajstić information content (AvgIpc) is 2.76. The van der Waals surface area contributed by atoms with Gasteiger partial charge in [-0.05, 0) is 24.6 Å². The molecule has 0 unspecified atom stereocenters. The van der Waals surface area contributed by atoms with Gasteiger partial charge in [0.25, 0.3) is 5.56 Å². The third-order valence-corrected chi connectivity index (χ3v) is 5.28. The van der Waals surface area contributed by atoms with Gasteiger partial charge in [0.05, 0.1) is 24.1 Å². The Morgan fingerprint density at radius 3 is 2.79 bits per heavy atom. The molecule has 0 bridgehead atoms. The molecule has 8 nitrogen and oxygen atoms in total. The summed E-state index contributed by atoms with van der Waals surface area (Å²) in [4.78, 5) is 22.2. The molecule has 0 atom stereocenters. The summed E-state index contributed by atoms with van der Waals surface area (Å²) in [5.74, 6) is -1.53. The van der Waals surface area contributed by atoms with Crippen molar-refractivity contribution < 1.29 is 27.0 Å². The molecule has 0 radical (unpaired) electrons. The Kier molecular flexibility index (Phi) is 6.21. The highest BCUT2D eigenvalue weighted by atomic mass is 35.5. The lowest BCUT2D eigenvalue weighted by atomic mass is 10.1. The summed E-state index contributed by atoms with van der Waals surface area (Å²) >= 11 is 6.11. The lowest BCUT2D eigenvalue weighted by Gasteiger charge is -2.31. The van der Waals surface area contributed by atoms with Gasteiger partial charge in [0, 0.05) is 19.2 Å². The second-order valence-electron chi connectivity index (χ2n) is 7.11. The summed E-state index contributed by atoms with van der Waals surface area (Å²) in [6.45, 7) is 0.495. The topological polar surface area (TPSA) is 93.2 Å². The SMILES string of the molecule is COCc1nc2c(c(Oc3ccc(F)cc3C(F)(F)F)n1)CCN(c1cn[nH]c(=O)c1Cl)C2. The Morgan fingerprint density at radius 2 is 2.06 bits per heavy atom. The molecule has 0 amide bonds. The number of fused-ring (bicyclic) bond motifs is 1. The van der Waals surface area contributed by atoms with Crippen molar-refractivity contribution >= 4 is 17.3 Å². The van der Waals surface area contributed by atoms with Gasteiger partial charge in [0.2, 0.25) is 5.88 Å². The summed E-state index contributed by atoms with van der Waals surface area (Å²) < 4.78 is 64.4. The number of methoxy groups -OCH3 is 1. The molecule has 0 spiro atoms. The molecule has 1 aliphatic rings. The summed E-state index contributed by atoms with van der Waals surface area (Å²) in [6.07, 6.45) is -3.15.